The molecule has 1 saturated heterocycles. The third-order valence-electron chi connectivity index (χ3n) is 4.56. The smallest absolute Gasteiger partial charge is 0.254 e. The van der Waals surface area contributed by atoms with Gasteiger partial charge in [0.15, 0.2) is 11.5 Å². The second kappa shape index (κ2) is 6.36. The molecule has 0 aliphatic carbocycles. The standard InChI is InChI=1S/C19H18ClNO3/c20-15-6-3-13(4-7-15)19(22)21-9-1-2-16(21)14-5-8-17-18(12-14)24-11-10-23-17/h3-8,12,16H,1-2,9-11H2/t16-/m0/s1. The number of halogens is 1. The Hall–Kier alpha value is -2.20. The first-order valence-corrected chi connectivity index (χ1v) is 8.56. The summed E-state index contributed by atoms with van der Waals surface area (Å²) in [7, 11) is 0. The van der Waals surface area contributed by atoms with E-state index < -0.39 is 0 Å². The normalized spacial score (nSPS) is 19.4. The Bertz CT molecular complexity index is 760. The van der Waals surface area contributed by atoms with Crippen LogP contribution in [0.5, 0.6) is 11.5 Å². The lowest BCUT2D eigenvalue weighted by molar-refractivity contribution is 0.0735. The number of likely N-dealkylation sites (tertiary alicyclic amines) is 1. The minimum atomic E-state index is 0.0454. The summed E-state index contributed by atoms with van der Waals surface area (Å²) in [5.74, 6) is 1.59. The van der Waals surface area contributed by atoms with Gasteiger partial charge < -0.3 is 14.4 Å². The average Bonchev–Trinajstić information content (AvgIpc) is 3.11. The van der Waals surface area contributed by atoms with E-state index in [2.05, 4.69) is 0 Å². The van der Waals surface area contributed by atoms with E-state index in [9.17, 15) is 4.79 Å². The predicted octanol–water partition coefficient (Wildman–Crippen LogP) is 4.09. The molecule has 2 aromatic carbocycles. The molecule has 4 nitrogen and oxygen atoms in total. The van der Waals surface area contributed by atoms with Crippen molar-refractivity contribution in [1.82, 2.24) is 4.90 Å². The van der Waals surface area contributed by atoms with Crippen molar-refractivity contribution in [2.75, 3.05) is 19.8 Å². The minimum absolute atomic E-state index is 0.0454. The monoisotopic (exact) mass is 343 g/mol. The van der Waals surface area contributed by atoms with Crippen LogP contribution in [0.15, 0.2) is 42.5 Å². The lowest BCUT2D eigenvalue weighted by Crippen LogP contribution is -2.30. The number of rotatable bonds is 2. The molecule has 24 heavy (non-hydrogen) atoms. The van der Waals surface area contributed by atoms with Crippen LogP contribution in [-0.4, -0.2) is 30.6 Å². The number of ether oxygens (including phenoxy) is 2. The van der Waals surface area contributed by atoms with Gasteiger partial charge in [0.25, 0.3) is 5.91 Å². The Kier molecular flexibility index (Phi) is 4.07. The Morgan fingerprint density at radius 2 is 1.79 bits per heavy atom. The lowest BCUT2D eigenvalue weighted by Gasteiger charge is -2.27. The molecule has 0 bridgehead atoms. The fourth-order valence-corrected chi connectivity index (χ4v) is 3.51. The number of nitrogens with zero attached hydrogens (tertiary/aromatic N) is 1. The van der Waals surface area contributed by atoms with E-state index in [1.165, 1.54) is 0 Å². The van der Waals surface area contributed by atoms with Crippen molar-refractivity contribution in [3.8, 4) is 11.5 Å². The zero-order valence-corrected chi connectivity index (χ0v) is 14.0. The molecule has 2 heterocycles. The summed E-state index contributed by atoms with van der Waals surface area (Å²) in [5, 5.41) is 0.636. The second-order valence-electron chi connectivity index (χ2n) is 6.07. The molecule has 0 spiro atoms. The van der Waals surface area contributed by atoms with Gasteiger partial charge in [-0.3, -0.25) is 4.79 Å². The van der Waals surface area contributed by atoms with Crippen molar-refractivity contribution in [2.45, 2.75) is 18.9 Å². The molecule has 1 amide bonds. The fourth-order valence-electron chi connectivity index (χ4n) is 3.38. The van der Waals surface area contributed by atoms with Crippen LogP contribution < -0.4 is 9.47 Å². The SMILES string of the molecule is O=C(c1ccc(Cl)cc1)N1CCC[C@H]1c1ccc2c(c1)OCCO2. The topological polar surface area (TPSA) is 38.8 Å². The highest BCUT2D eigenvalue weighted by molar-refractivity contribution is 6.30. The van der Waals surface area contributed by atoms with Crippen molar-refractivity contribution in [1.29, 1.82) is 0 Å². The Morgan fingerprint density at radius 1 is 1.04 bits per heavy atom. The van der Waals surface area contributed by atoms with Gasteiger partial charge in [-0.1, -0.05) is 17.7 Å². The largest absolute Gasteiger partial charge is 0.486 e. The van der Waals surface area contributed by atoms with Gasteiger partial charge in [0.2, 0.25) is 0 Å². The fraction of sp³-hybridized carbons (Fsp3) is 0.316. The second-order valence-corrected chi connectivity index (χ2v) is 6.50. The summed E-state index contributed by atoms with van der Waals surface area (Å²) in [6.07, 6.45) is 1.96. The number of benzene rings is 2. The molecule has 4 rings (SSSR count). The summed E-state index contributed by atoms with van der Waals surface area (Å²) >= 11 is 5.92. The molecule has 2 aromatic rings. The van der Waals surface area contributed by atoms with Crippen LogP contribution in [0.3, 0.4) is 0 Å². The maximum atomic E-state index is 12.9. The van der Waals surface area contributed by atoms with Crippen LogP contribution in [0.4, 0.5) is 0 Å². The third-order valence-corrected chi connectivity index (χ3v) is 4.81. The summed E-state index contributed by atoms with van der Waals surface area (Å²) < 4.78 is 11.3. The number of hydrogen-bond acceptors (Lipinski definition) is 3. The van der Waals surface area contributed by atoms with E-state index in [1.807, 2.05) is 23.1 Å². The Balaban J connectivity index is 1.60. The molecule has 0 N–H and O–H groups in total. The highest BCUT2D eigenvalue weighted by Gasteiger charge is 2.31. The number of carbonyl (C=O) groups excluding carboxylic acids is 1. The van der Waals surface area contributed by atoms with Gasteiger partial charge in [-0.15, -0.1) is 0 Å². The molecule has 5 heteroatoms. The van der Waals surface area contributed by atoms with Gasteiger partial charge in [0.1, 0.15) is 13.2 Å². The maximum Gasteiger partial charge on any atom is 0.254 e. The molecule has 1 fully saturated rings. The van der Waals surface area contributed by atoms with Crippen molar-refractivity contribution >= 4 is 17.5 Å². The first-order valence-electron chi connectivity index (χ1n) is 8.18. The highest BCUT2D eigenvalue weighted by Crippen LogP contribution is 2.38. The summed E-state index contributed by atoms with van der Waals surface area (Å²) in [6, 6.07) is 13.1. The Labute approximate surface area is 145 Å². The van der Waals surface area contributed by atoms with Crippen molar-refractivity contribution in [3.63, 3.8) is 0 Å². The van der Waals surface area contributed by atoms with E-state index in [0.717, 1.165) is 36.4 Å². The van der Waals surface area contributed by atoms with E-state index >= 15 is 0 Å². The minimum Gasteiger partial charge on any atom is -0.486 e. The molecule has 2 aliphatic heterocycles. The van der Waals surface area contributed by atoms with Gasteiger partial charge in [-0.05, 0) is 54.8 Å². The van der Waals surface area contributed by atoms with Gasteiger partial charge in [0.05, 0.1) is 6.04 Å². The van der Waals surface area contributed by atoms with Crippen LogP contribution in [0.2, 0.25) is 5.02 Å². The van der Waals surface area contributed by atoms with Crippen LogP contribution in [0, 0.1) is 0 Å². The van der Waals surface area contributed by atoms with Crippen molar-refractivity contribution in [2.24, 2.45) is 0 Å². The summed E-state index contributed by atoms with van der Waals surface area (Å²) in [5.41, 5.74) is 1.77. The van der Waals surface area contributed by atoms with Crippen LogP contribution >= 0.6 is 11.6 Å². The first-order chi connectivity index (χ1) is 11.7. The molecule has 0 unspecified atom stereocenters. The number of amides is 1. The number of fused-ring (bicyclic) bond motifs is 1. The van der Waals surface area contributed by atoms with Gasteiger partial charge >= 0.3 is 0 Å². The zero-order chi connectivity index (χ0) is 16.5. The maximum absolute atomic E-state index is 12.9. The lowest BCUT2D eigenvalue weighted by atomic mass is 10.0. The molecule has 0 saturated carbocycles. The predicted molar refractivity (Wildman–Crippen MR) is 91.9 cm³/mol. The summed E-state index contributed by atoms with van der Waals surface area (Å²) in [6.45, 7) is 1.91. The Morgan fingerprint density at radius 3 is 2.58 bits per heavy atom. The van der Waals surface area contributed by atoms with E-state index in [-0.39, 0.29) is 11.9 Å². The molecule has 1 atom stereocenters. The van der Waals surface area contributed by atoms with E-state index in [0.29, 0.717) is 23.8 Å². The van der Waals surface area contributed by atoms with Crippen LogP contribution in [0.25, 0.3) is 0 Å². The molecular weight excluding hydrogens is 326 g/mol. The molecule has 2 aliphatic rings. The third kappa shape index (κ3) is 2.82. The average molecular weight is 344 g/mol. The first kappa shape index (κ1) is 15.3. The number of hydrogen-bond donors (Lipinski definition) is 0. The number of carbonyl (C=O) groups is 1. The highest BCUT2D eigenvalue weighted by atomic mass is 35.5. The molecular formula is C19H18ClNO3. The van der Waals surface area contributed by atoms with Crippen LogP contribution in [-0.2, 0) is 0 Å². The zero-order valence-electron chi connectivity index (χ0n) is 13.2. The summed E-state index contributed by atoms with van der Waals surface area (Å²) in [4.78, 5) is 14.8. The molecule has 0 radical (unpaired) electrons. The van der Waals surface area contributed by atoms with Gasteiger partial charge in [-0.25, -0.2) is 0 Å². The molecule has 0 aromatic heterocycles. The quantitative estimate of drug-likeness (QED) is 0.824. The van der Waals surface area contributed by atoms with Gasteiger partial charge in [0, 0.05) is 17.1 Å². The molecule has 124 valence electrons. The van der Waals surface area contributed by atoms with E-state index in [4.69, 9.17) is 21.1 Å². The van der Waals surface area contributed by atoms with Crippen molar-refractivity contribution in [3.05, 3.63) is 58.6 Å². The van der Waals surface area contributed by atoms with E-state index in [1.54, 1.807) is 24.3 Å². The van der Waals surface area contributed by atoms with Gasteiger partial charge in [-0.2, -0.15) is 0 Å². The van der Waals surface area contributed by atoms with Crippen molar-refractivity contribution < 1.29 is 14.3 Å². The van der Waals surface area contributed by atoms with Crippen LogP contribution in [0.1, 0.15) is 34.8 Å².